The van der Waals surface area contributed by atoms with E-state index in [2.05, 4.69) is 26.0 Å². The number of aryl methyl sites for hydroxylation is 1. The van der Waals surface area contributed by atoms with Crippen molar-refractivity contribution < 1.29 is 4.74 Å². The van der Waals surface area contributed by atoms with Crippen molar-refractivity contribution in [3.8, 4) is 17.1 Å². The van der Waals surface area contributed by atoms with E-state index in [1.807, 2.05) is 49.4 Å². The van der Waals surface area contributed by atoms with Crippen LogP contribution in [0.4, 0.5) is 0 Å². The molecule has 0 aliphatic rings. The van der Waals surface area contributed by atoms with Crippen LogP contribution in [0.2, 0.25) is 0 Å². The van der Waals surface area contributed by atoms with Crippen molar-refractivity contribution in [1.82, 2.24) is 14.6 Å². The summed E-state index contributed by atoms with van der Waals surface area (Å²) in [6.07, 6.45) is 1.80. The number of methoxy groups -OCH3 is 1. The molecule has 0 spiro atoms. The van der Waals surface area contributed by atoms with Gasteiger partial charge in [-0.3, -0.25) is 4.79 Å². The average molecular weight is 428 g/mol. The lowest BCUT2D eigenvalue weighted by Crippen LogP contribution is -2.23. The third-order valence-corrected chi connectivity index (χ3v) is 5.39. The molecule has 2 heterocycles. The van der Waals surface area contributed by atoms with Gasteiger partial charge in [0.1, 0.15) is 5.75 Å². The van der Waals surface area contributed by atoms with E-state index in [1.165, 1.54) is 15.9 Å². The molecule has 5 nitrogen and oxygen atoms in total. The minimum Gasteiger partial charge on any atom is -0.496 e. The van der Waals surface area contributed by atoms with Gasteiger partial charge in [-0.05, 0) is 37.3 Å². The maximum Gasteiger partial charge on any atom is 0.291 e. The van der Waals surface area contributed by atoms with Crippen LogP contribution in [0, 0.1) is 6.92 Å². The van der Waals surface area contributed by atoms with Gasteiger partial charge in [0, 0.05) is 15.6 Å². The summed E-state index contributed by atoms with van der Waals surface area (Å²) in [5, 5.41) is 4.39. The highest BCUT2D eigenvalue weighted by Gasteiger charge is 2.12. The van der Waals surface area contributed by atoms with E-state index < -0.39 is 0 Å². The van der Waals surface area contributed by atoms with Gasteiger partial charge in [-0.25, -0.2) is 0 Å². The summed E-state index contributed by atoms with van der Waals surface area (Å²) in [5.41, 5.74) is 2.67. The van der Waals surface area contributed by atoms with Crippen LogP contribution in [-0.2, 0) is 0 Å². The number of hydrogen-bond donors (Lipinski definition) is 0. The van der Waals surface area contributed by atoms with E-state index in [0.29, 0.717) is 21.1 Å². The molecular formula is C19H14BrN3O2S. The van der Waals surface area contributed by atoms with Gasteiger partial charge in [0.2, 0.25) is 4.96 Å². The molecule has 0 atom stereocenters. The third kappa shape index (κ3) is 3.04. The normalized spacial score (nSPS) is 12.0. The fraction of sp³-hybridized carbons (Fsp3) is 0.105. The SMILES string of the molecule is COc1ccc(Br)cc1C=c1sc2nc(-c3cccc(C)c3)nn2c1=O. The van der Waals surface area contributed by atoms with E-state index in [4.69, 9.17) is 4.74 Å². The summed E-state index contributed by atoms with van der Waals surface area (Å²) < 4.78 is 8.21. The maximum absolute atomic E-state index is 12.7. The van der Waals surface area contributed by atoms with E-state index in [-0.39, 0.29) is 5.56 Å². The first kappa shape index (κ1) is 16.9. The molecule has 0 saturated carbocycles. The van der Waals surface area contributed by atoms with Gasteiger partial charge >= 0.3 is 0 Å². The molecule has 130 valence electrons. The molecule has 0 radical (unpaired) electrons. The zero-order chi connectivity index (χ0) is 18.3. The van der Waals surface area contributed by atoms with Crippen LogP contribution < -0.4 is 14.8 Å². The monoisotopic (exact) mass is 427 g/mol. The van der Waals surface area contributed by atoms with Crippen LogP contribution in [0.5, 0.6) is 5.75 Å². The van der Waals surface area contributed by atoms with Crippen molar-refractivity contribution in [1.29, 1.82) is 0 Å². The van der Waals surface area contributed by atoms with Crippen LogP contribution in [0.1, 0.15) is 11.1 Å². The van der Waals surface area contributed by atoms with Crippen molar-refractivity contribution in [3.63, 3.8) is 0 Å². The molecule has 0 aliphatic heterocycles. The summed E-state index contributed by atoms with van der Waals surface area (Å²) in [6.45, 7) is 2.01. The lowest BCUT2D eigenvalue weighted by molar-refractivity contribution is 0.414. The number of thiazole rings is 1. The Morgan fingerprint density at radius 2 is 2.08 bits per heavy atom. The van der Waals surface area contributed by atoms with Crippen molar-refractivity contribution in [2.45, 2.75) is 6.92 Å². The largest absolute Gasteiger partial charge is 0.496 e. The Morgan fingerprint density at radius 1 is 1.23 bits per heavy atom. The van der Waals surface area contributed by atoms with Gasteiger partial charge in [0.25, 0.3) is 5.56 Å². The lowest BCUT2D eigenvalue weighted by Gasteiger charge is -2.04. The van der Waals surface area contributed by atoms with Gasteiger partial charge in [-0.1, -0.05) is 51.0 Å². The number of hydrogen-bond acceptors (Lipinski definition) is 5. The van der Waals surface area contributed by atoms with Gasteiger partial charge in [0.15, 0.2) is 5.82 Å². The fourth-order valence-electron chi connectivity index (χ4n) is 2.70. The number of fused-ring (bicyclic) bond motifs is 1. The van der Waals surface area contributed by atoms with Crippen molar-refractivity contribution in [3.05, 3.63) is 73.0 Å². The first-order valence-corrected chi connectivity index (χ1v) is 9.48. The fourth-order valence-corrected chi connectivity index (χ4v) is 3.98. The van der Waals surface area contributed by atoms with Crippen LogP contribution in [-0.4, -0.2) is 21.7 Å². The smallest absolute Gasteiger partial charge is 0.291 e. The highest BCUT2D eigenvalue weighted by Crippen LogP contribution is 2.23. The molecule has 0 N–H and O–H groups in total. The maximum atomic E-state index is 12.7. The summed E-state index contributed by atoms with van der Waals surface area (Å²) in [6, 6.07) is 13.6. The Kier molecular flexibility index (Phi) is 4.34. The highest BCUT2D eigenvalue weighted by molar-refractivity contribution is 9.10. The number of benzene rings is 2. The van der Waals surface area contributed by atoms with Crippen LogP contribution in [0.3, 0.4) is 0 Å². The molecule has 4 rings (SSSR count). The first-order valence-electron chi connectivity index (χ1n) is 7.87. The van der Waals surface area contributed by atoms with Crippen LogP contribution >= 0.6 is 27.3 Å². The number of rotatable bonds is 3. The van der Waals surface area contributed by atoms with Gasteiger partial charge in [0.05, 0.1) is 11.6 Å². The average Bonchev–Trinajstić information content (AvgIpc) is 3.15. The zero-order valence-electron chi connectivity index (χ0n) is 14.1. The first-order chi connectivity index (χ1) is 12.5. The quantitative estimate of drug-likeness (QED) is 0.502. The van der Waals surface area contributed by atoms with Crippen molar-refractivity contribution in [2.24, 2.45) is 0 Å². The molecule has 0 amide bonds. The van der Waals surface area contributed by atoms with Gasteiger partial charge in [-0.15, -0.1) is 5.10 Å². The molecule has 2 aromatic carbocycles. The summed E-state index contributed by atoms with van der Waals surface area (Å²) in [7, 11) is 1.61. The zero-order valence-corrected chi connectivity index (χ0v) is 16.5. The van der Waals surface area contributed by atoms with Gasteiger partial charge < -0.3 is 4.74 Å². The predicted molar refractivity (Wildman–Crippen MR) is 107 cm³/mol. The molecule has 0 bridgehead atoms. The number of nitrogens with zero attached hydrogens (tertiary/aromatic N) is 3. The lowest BCUT2D eigenvalue weighted by atomic mass is 10.1. The Balaban J connectivity index is 1.84. The second kappa shape index (κ2) is 6.66. The Bertz CT molecular complexity index is 1230. The minimum atomic E-state index is -0.182. The number of ether oxygens (including phenoxy) is 1. The molecular weight excluding hydrogens is 414 g/mol. The molecule has 0 aliphatic carbocycles. The van der Waals surface area contributed by atoms with E-state index in [0.717, 1.165) is 21.2 Å². The molecule has 7 heteroatoms. The molecule has 2 aromatic heterocycles. The Morgan fingerprint density at radius 3 is 2.81 bits per heavy atom. The molecule has 0 saturated heterocycles. The molecule has 26 heavy (non-hydrogen) atoms. The highest BCUT2D eigenvalue weighted by atomic mass is 79.9. The Labute approximate surface area is 161 Å². The summed E-state index contributed by atoms with van der Waals surface area (Å²) >= 11 is 4.76. The Hall–Kier alpha value is -2.51. The van der Waals surface area contributed by atoms with E-state index in [1.54, 1.807) is 13.2 Å². The summed E-state index contributed by atoms with van der Waals surface area (Å²) in [5.74, 6) is 1.26. The topological polar surface area (TPSA) is 56.5 Å². The minimum absolute atomic E-state index is 0.182. The van der Waals surface area contributed by atoms with E-state index >= 15 is 0 Å². The van der Waals surface area contributed by atoms with Crippen molar-refractivity contribution in [2.75, 3.05) is 7.11 Å². The number of halogens is 1. The third-order valence-electron chi connectivity index (χ3n) is 3.94. The summed E-state index contributed by atoms with van der Waals surface area (Å²) in [4.78, 5) is 17.8. The van der Waals surface area contributed by atoms with Crippen LogP contribution in [0.15, 0.2) is 51.7 Å². The molecule has 0 fully saturated rings. The van der Waals surface area contributed by atoms with E-state index in [9.17, 15) is 4.79 Å². The van der Waals surface area contributed by atoms with Crippen molar-refractivity contribution >= 4 is 38.3 Å². The number of aromatic nitrogens is 3. The second-order valence-electron chi connectivity index (χ2n) is 5.80. The predicted octanol–water partition coefficient (Wildman–Crippen LogP) is 3.45. The van der Waals surface area contributed by atoms with Crippen LogP contribution in [0.25, 0.3) is 22.4 Å². The van der Waals surface area contributed by atoms with Gasteiger partial charge in [-0.2, -0.15) is 9.50 Å². The standard InChI is InChI=1S/C19H14BrN3O2S/c1-11-4-3-5-12(8-11)17-21-19-23(22-17)18(24)16(26-19)10-13-9-14(20)6-7-15(13)25-2/h3-10H,1-2H3. The molecule has 4 aromatic rings. The second-order valence-corrected chi connectivity index (χ2v) is 7.73. The molecule has 0 unspecified atom stereocenters.